The first kappa shape index (κ1) is 40.3. The molecule has 3 atom stereocenters. The summed E-state index contributed by atoms with van der Waals surface area (Å²) >= 11 is 0. The van der Waals surface area contributed by atoms with Gasteiger partial charge in [0.15, 0.2) is 0 Å². The molecule has 3 unspecified atom stereocenters. The normalized spacial score (nSPS) is 13.3. The monoisotopic (exact) mass is 597 g/mol. The number of aromatic nitrogens is 1. The van der Waals surface area contributed by atoms with Crippen molar-refractivity contribution < 1.29 is 8.78 Å². The quantitative estimate of drug-likeness (QED) is 0.226. The van der Waals surface area contributed by atoms with E-state index >= 15 is 0 Å². The van der Waals surface area contributed by atoms with E-state index in [1.54, 1.807) is 6.92 Å². The van der Waals surface area contributed by atoms with Crippen LogP contribution in [0.4, 0.5) is 14.5 Å². The average molecular weight is 598 g/mol. The highest BCUT2D eigenvalue weighted by Crippen LogP contribution is 2.30. The Morgan fingerprint density at radius 3 is 2.05 bits per heavy atom. The number of hydrogen-bond acceptors (Lipinski definition) is 3. The molecule has 3 nitrogen and oxygen atoms in total. The molecule has 0 bridgehead atoms. The zero-order chi connectivity index (χ0) is 32.8. The number of pyridine rings is 1. The third-order valence-electron chi connectivity index (χ3n) is 7.88. The fourth-order valence-corrected chi connectivity index (χ4v) is 4.58. The molecule has 1 heterocycles. The summed E-state index contributed by atoms with van der Waals surface area (Å²) in [6.07, 6.45) is 10.3. The number of alkyl halides is 2. The molecule has 0 spiro atoms. The Labute approximate surface area is 263 Å². The molecule has 0 amide bonds. The van der Waals surface area contributed by atoms with Crippen LogP contribution < -0.4 is 11.1 Å². The van der Waals surface area contributed by atoms with Gasteiger partial charge < -0.3 is 11.1 Å². The van der Waals surface area contributed by atoms with Crippen LogP contribution >= 0.6 is 0 Å². The lowest BCUT2D eigenvalue weighted by Gasteiger charge is -2.21. The molecular weight excluding hydrogens is 536 g/mol. The number of unbranched alkanes of at least 4 members (excludes halogenated alkanes) is 1. The molecule has 43 heavy (non-hydrogen) atoms. The van der Waals surface area contributed by atoms with Gasteiger partial charge in [-0.05, 0) is 85.9 Å². The maximum Gasteiger partial charge on any atom is 0.122 e. The third-order valence-corrected chi connectivity index (χ3v) is 7.88. The van der Waals surface area contributed by atoms with Crippen molar-refractivity contribution in [1.82, 2.24) is 4.98 Å². The largest absolute Gasteiger partial charge is 0.387 e. The van der Waals surface area contributed by atoms with E-state index in [1.165, 1.54) is 32.1 Å². The van der Waals surface area contributed by atoms with E-state index in [9.17, 15) is 8.78 Å². The Bertz CT molecular complexity index is 1090. The third kappa shape index (κ3) is 15.5. The van der Waals surface area contributed by atoms with Crippen molar-refractivity contribution in [2.24, 2.45) is 17.6 Å². The van der Waals surface area contributed by atoms with E-state index in [1.807, 2.05) is 64.3 Å². The first-order chi connectivity index (χ1) is 20.5. The van der Waals surface area contributed by atoms with E-state index in [0.29, 0.717) is 5.56 Å². The molecule has 0 aliphatic rings. The van der Waals surface area contributed by atoms with Gasteiger partial charge in [-0.3, -0.25) is 4.98 Å². The summed E-state index contributed by atoms with van der Waals surface area (Å²) < 4.78 is 25.1. The molecule has 5 heteroatoms. The zero-order valence-corrected chi connectivity index (χ0v) is 28.9. The molecule has 0 saturated carbocycles. The van der Waals surface area contributed by atoms with E-state index in [4.69, 9.17) is 5.73 Å². The molecule has 0 saturated heterocycles. The first-order valence-corrected chi connectivity index (χ1v) is 16.4. The molecule has 2 aromatic rings. The van der Waals surface area contributed by atoms with Crippen LogP contribution in [0.5, 0.6) is 0 Å². The highest BCUT2D eigenvalue weighted by atomic mass is 19.1. The number of rotatable bonds is 13. The van der Waals surface area contributed by atoms with Crippen LogP contribution in [0.3, 0.4) is 0 Å². The molecule has 242 valence electrons. The van der Waals surface area contributed by atoms with Gasteiger partial charge in [-0.2, -0.15) is 0 Å². The predicted octanol–water partition coefficient (Wildman–Crippen LogP) is 11.1. The van der Waals surface area contributed by atoms with Crippen molar-refractivity contribution in [2.45, 2.75) is 126 Å². The van der Waals surface area contributed by atoms with Crippen LogP contribution in [-0.4, -0.2) is 24.7 Å². The van der Waals surface area contributed by atoms with Crippen LogP contribution in [0.25, 0.3) is 11.1 Å². The second-order valence-electron chi connectivity index (χ2n) is 11.5. The van der Waals surface area contributed by atoms with Gasteiger partial charge in [0.05, 0.1) is 17.6 Å². The van der Waals surface area contributed by atoms with Gasteiger partial charge in [-0.15, -0.1) is 0 Å². The van der Waals surface area contributed by atoms with Crippen LogP contribution in [-0.2, 0) is 0 Å². The SMILES string of the molecule is CCC(N)CF.CCCC#C/C(=C(/C)c1ccc(NC)cn1)c1cc(C(C)F)ccc1C.CCCC(CCC)C(C)CC. The predicted molar refractivity (Wildman–Crippen MR) is 187 cm³/mol. The van der Waals surface area contributed by atoms with Crippen molar-refractivity contribution >= 4 is 16.8 Å². The number of benzene rings is 1. The van der Waals surface area contributed by atoms with Crippen molar-refractivity contribution in [3.63, 3.8) is 0 Å². The van der Waals surface area contributed by atoms with Crippen molar-refractivity contribution in [3.8, 4) is 11.8 Å². The average Bonchev–Trinajstić information content (AvgIpc) is 3.03. The highest BCUT2D eigenvalue weighted by Gasteiger charge is 2.14. The molecule has 0 aliphatic heterocycles. The van der Waals surface area contributed by atoms with Crippen LogP contribution in [0, 0.1) is 30.6 Å². The van der Waals surface area contributed by atoms with Crippen molar-refractivity contribution in [2.75, 3.05) is 19.0 Å². The number of nitrogens with two attached hydrogens (primary N) is 1. The Morgan fingerprint density at radius 1 is 0.977 bits per heavy atom. The van der Waals surface area contributed by atoms with E-state index in [0.717, 1.165) is 64.8 Å². The maximum absolute atomic E-state index is 13.9. The molecule has 1 aromatic carbocycles. The lowest BCUT2D eigenvalue weighted by molar-refractivity contribution is 0.302. The van der Waals surface area contributed by atoms with Gasteiger partial charge in [-0.1, -0.05) is 97.6 Å². The van der Waals surface area contributed by atoms with E-state index < -0.39 is 12.8 Å². The minimum atomic E-state index is -1.01. The molecule has 0 fully saturated rings. The zero-order valence-electron chi connectivity index (χ0n) is 28.9. The molecule has 3 N–H and O–H groups in total. The summed E-state index contributed by atoms with van der Waals surface area (Å²) in [7, 11) is 1.87. The molecule has 0 aliphatic carbocycles. The van der Waals surface area contributed by atoms with Gasteiger partial charge in [0.2, 0.25) is 0 Å². The Morgan fingerprint density at radius 2 is 1.63 bits per heavy atom. The lowest BCUT2D eigenvalue weighted by atomic mass is 9.85. The van der Waals surface area contributed by atoms with E-state index in [2.05, 4.69) is 56.8 Å². The van der Waals surface area contributed by atoms with Gasteiger partial charge in [0, 0.05) is 25.1 Å². The summed E-state index contributed by atoms with van der Waals surface area (Å²) in [6, 6.07) is 9.48. The second kappa shape index (κ2) is 23.7. The first-order valence-electron chi connectivity index (χ1n) is 16.4. The number of aryl methyl sites for hydroxylation is 1. The summed E-state index contributed by atoms with van der Waals surface area (Å²) in [5.41, 5.74) is 11.6. The van der Waals surface area contributed by atoms with Crippen molar-refractivity contribution in [1.29, 1.82) is 0 Å². The van der Waals surface area contributed by atoms with Gasteiger partial charge in [-0.25, -0.2) is 8.78 Å². The summed E-state index contributed by atoms with van der Waals surface area (Å²) in [5.74, 6) is 8.50. The Balaban J connectivity index is 0.000000855. The summed E-state index contributed by atoms with van der Waals surface area (Å²) in [6.45, 7) is 18.5. The van der Waals surface area contributed by atoms with Crippen LogP contribution in [0.15, 0.2) is 36.5 Å². The van der Waals surface area contributed by atoms with Crippen LogP contribution in [0.1, 0.15) is 135 Å². The van der Waals surface area contributed by atoms with Gasteiger partial charge in [0.25, 0.3) is 0 Å². The fraction of sp³-hybridized carbons (Fsp3) is 0.605. The van der Waals surface area contributed by atoms with Gasteiger partial charge >= 0.3 is 0 Å². The second-order valence-corrected chi connectivity index (χ2v) is 11.5. The molecular formula is C38H61F2N3. The highest BCUT2D eigenvalue weighted by molar-refractivity contribution is 5.97. The number of halogens is 2. The fourth-order valence-electron chi connectivity index (χ4n) is 4.58. The molecule has 0 radical (unpaired) electrons. The number of anilines is 1. The van der Waals surface area contributed by atoms with Crippen LogP contribution in [0.2, 0.25) is 0 Å². The lowest BCUT2D eigenvalue weighted by Crippen LogP contribution is -2.20. The minimum absolute atomic E-state index is 0.231. The minimum Gasteiger partial charge on any atom is -0.387 e. The number of hydrogen-bond donors (Lipinski definition) is 2. The summed E-state index contributed by atoms with van der Waals surface area (Å²) in [4.78, 5) is 4.55. The Kier molecular flexibility index (Phi) is 22.2. The Hall–Kier alpha value is -2.71. The van der Waals surface area contributed by atoms with E-state index in [-0.39, 0.29) is 6.04 Å². The molecule has 2 rings (SSSR count). The number of nitrogens with one attached hydrogen (secondary N) is 1. The topological polar surface area (TPSA) is 50.9 Å². The van der Waals surface area contributed by atoms with Crippen molar-refractivity contribution in [3.05, 3.63) is 58.9 Å². The number of allylic oxidation sites excluding steroid dienone is 2. The molecule has 1 aromatic heterocycles. The number of nitrogens with zero attached hydrogens (tertiary/aromatic N) is 1. The summed E-state index contributed by atoms with van der Waals surface area (Å²) in [5, 5.41) is 3.08. The smallest absolute Gasteiger partial charge is 0.122 e. The maximum atomic E-state index is 13.9. The van der Waals surface area contributed by atoms with Gasteiger partial charge in [0.1, 0.15) is 12.8 Å². The standard InChI is InChI=1S/C23H27FN2.C11H24.C4H10FN/c1-6-7-8-9-21(17(3)23-13-12-20(25-5)15-26-23)22-14-19(18(4)24)11-10-16(22)2;1-5-8-11(9-6-2)10(4)7-3;1-2-4(6)3-5/h10-15,18,25H,6-7H2,1-5H3;10-11H,5-9H2,1-4H3;4H,2-3,6H2,1H3/b21-17+;;.